The van der Waals surface area contributed by atoms with E-state index in [2.05, 4.69) is 4.98 Å². The first-order valence-corrected chi connectivity index (χ1v) is 14.6. The number of halogens is 4. The quantitative estimate of drug-likeness (QED) is 0.183. The lowest BCUT2D eigenvalue weighted by Crippen LogP contribution is -2.27. The minimum Gasteiger partial charge on any atom is -0.306 e. The average molecular weight is 625 g/mol. The Hall–Kier alpha value is -4.81. The van der Waals surface area contributed by atoms with E-state index in [1.807, 2.05) is 32.0 Å². The molecule has 0 saturated heterocycles. The number of hydrogen-bond donors (Lipinski definition) is 1. The number of imidazole rings is 3. The zero-order valence-corrected chi connectivity index (χ0v) is 25.6. The fourth-order valence-electron chi connectivity index (χ4n) is 6.43. The molecule has 3 aromatic heterocycles. The molecule has 1 unspecified atom stereocenters. The molecule has 1 N–H and O–H groups in total. The van der Waals surface area contributed by atoms with Crippen LogP contribution in [-0.4, -0.2) is 27.8 Å². The van der Waals surface area contributed by atoms with E-state index in [0.717, 1.165) is 37.9 Å². The summed E-state index contributed by atoms with van der Waals surface area (Å²) in [5, 5.41) is 0. The van der Waals surface area contributed by atoms with Crippen LogP contribution in [0.2, 0.25) is 0 Å². The number of aromatic nitrogens is 6. The van der Waals surface area contributed by atoms with E-state index in [4.69, 9.17) is 0 Å². The fraction of sp³-hybridized carbons (Fsp3) is 0.344. The van der Waals surface area contributed by atoms with Gasteiger partial charge in [-0.25, -0.2) is 31.9 Å². The van der Waals surface area contributed by atoms with Gasteiger partial charge in [-0.05, 0) is 70.9 Å². The SMILES string of the molecule is CC(C)n1c(=O)n(C)c2cc(CC(C)n3c(=O)[nH]c4ccc(F)c(Cn5c(=O)n(C(C)C)c6c(F)c(F)c(F)cc65)c43)ccc21. The number of benzene rings is 3. The minimum atomic E-state index is -1.71. The molecule has 13 heteroatoms. The molecular weight excluding hydrogens is 592 g/mol. The predicted molar refractivity (Wildman–Crippen MR) is 164 cm³/mol. The minimum absolute atomic E-state index is 0.0434. The average Bonchev–Trinajstić information content (AvgIpc) is 3.55. The largest absolute Gasteiger partial charge is 0.329 e. The first kappa shape index (κ1) is 30.2. The molecule has 236 valence electrons. The molecule has 3 aromatic carbocycles. The summed E-state index contributed by atoms with van der Waals surface area (Å²) in [6.07, 6.45) is 0.335. The Morgan fingerprint density at radius 2 is 1.40 bits per heavy atom. The highest BCUT2D eigenvalue weighted by Crippen LogP contribution is 2.29. The highest BCUT2D eigenvalue weighted by molar-refractivity contribution is 5.81. The summed E-state index contributed by atoms with van der Waals surface area (Å²) >= 11 is 0. The second-order valence-electron chi connectivity index (χ2n) is 12.1. The molecule has 9 nitrogen and oxygen atoms in total. The molecule has 0 bridgehead atoms. The van der Waals surface area contributed by atoms with Crippen molar-refractivity contribution in [2.24, 2.45) is 7.05 Å². The summed E-state index contributed by atoms with van der Waals surface area (Å²) in [6, 6.07) is 7.70. The second kappa shape index (κ2) is 10.7. The second-order valence-corrected chi connectivity index (χ2v) is 12.1. The monoisotopic (exact) mass is 624 g/mol. The third kappa shape index (κ3) is 4.55. The number of hydrogen-bond acceptors (Lipinski definition) is 3. The van der Waals surface area contributed by atoms with Crippen LogP contribution in [0.4, 0.5) is 17.6 Å². The molecule has 6 rings (SSSR count). The molecule has 0 spiro atoms. The molecule has 0 radical (unpaired) electrons. The Balaban J connectivity index is 1.49. The van der Waals surface area contributed by atoms with Crippen LogP contribution in [0.1, 0.15) is 63.9 Å². The van der Waals surface area contributed by atoms with Crippen molar-refractivity contribution in [3.05, 3.63) is 102 Å². The van der Waals surface area contributed by atoms with Gasteiger partial charge < -0.3 is 4.98 Å². The van der Waals surface area contributed by atoms with Crippen molar-refractivity contribution < 1.29 is 17.6 Å². The van der Waals surface area contributed by atoms with Crippen LogP contribution >= 0.6 is 0 Å². The lowest BCUT2D eigenvalue weighted by molar-refractivity contribution is 0.448. The van der Waals surface area contributed by atoms with Crippen LogP contribution in [0, 0.1) is 23.3 Å². The standard InChI is InChI=1S/C32H32F4N6O3/c1-15(2)40-23-10-7-18(12-24(23)38(6)31(40)44)11-17(5)42-28-19(20(33)8-9-22(28)37-30(42)43)14-39-25-13-21(34)26(35)27(36)29(25)41(16(3)4)32(39)45/h7-10,12-13,15-17H,11,14H2,1-6H3,(H,37,43). The van der Waals surface area contributed by atoms with E-state index >= 15 is 4.39 Å². The number of aromatic amines is 1. The summed E-state index contributed by atoms with van der Waals surface area (Å²) in [5.41, 5.74) is 0.652. The fourth-order valence-corrected chi connectivity index (χ4v) is 6.43. The van der Waals surface area contributed by atoms with Crippen LogP contribution < -0.4 is 17.1 Å². The first-order valence-electron chi connectivity index (χ1n) is 14.6. The van der Waals surface area contributed by atoms with Gasteiger partial charge in [0.2, 0.25) is 0 Å². The maximum absolute atomic E-state index is 15.6. The van der Waals surface area contributed by atoms with Gasteiger partial charge in [0.15, 0.2) is 17.5 Å². The molecule has 3 heterocycles. The first-order chi connectivity index (χ1) is 21.2. The number of H-pyrrole nitrogens is 1. The number of nitrogens with zero attached hydrogens (tertiary/aromatic N) is 5. The van der Waals surface area contributed by atoms with E-state index in [1.54, 1.807) is 37.0 Å². The molecule has 6 aromatic rings. The smallest absolute Gasteiger partial charge is 0.306 e. The highest BCUT2D eigenvalue weighted by atomic mass is 19.2. The van der Waals surface area contributed by atoms with Crippen LogP contribution in [0.15, 0.2) is 50.8 Å². The molecule has 0 aliphatic rings. The summed E-state index contributed by atoms with van der Waals surface area (Å²) in [4.78, 5) is 42.4. The van der Waals surface area contributed by atoms with Gasteiger partial charge in [0.1, 0.15) is 11.3 Å². The predicted octanol–water partition coefficient (Wildman–Crippen LogP) is 5.67. The number of nitrogens with one attached hydrogen (secondary N) is 1. The number of aryl methyl sites for hydroxylation is 1. The van der Waals surface area contributed by atoms with Crippen LogP contribution in [0.25, 0.3) is 33.1 Å². The van der Waals surface area contributed by atoms with E-state index in [9.17, 15) is 27.6 Å². The van der Waals surface area contributed by atoms with E-state index < -0.39 is 58.8 Å². The van der Waals surface area contributed by atoms with E-state index in [1.165, 1.54) is 10.6 Å². The van der Waals surface area contributed by atoms with Crippen molar-refractivity contribution in [1.29, 1.82) is 0 Å². The van der Waals surface area contributed by atoms with Gasteiger partial charge in [-0.15, -0.1) is 0 Å². The zero-order valence-electron chi connectivity index (χ0n) is 25.6. The summed E-state index contributed by atoms with van der Waals surface area (Å²) in [5.74, 6) is -5.46. The molecule has 1 atom stereocenters. The molecular formula is C32H32F4N6O3. The van der Waals surface area contributed by atoms with Gasteiger partial charge >= 0.3 is 17.1 Å². The molecule has 45 heavy (non-hydrogen) atoms. The number of fused-ring (bicyclic) bond motifs is 3. The van der Waals surface area contributed by atoms with Gasteiger partial charge in [-0.3, -0.25) is 22.8 Å². The number of rotatable bonds is 7. The van der Waals surface area contributed by atoms with Crippen molar-refractivity contribution in [1.82, 2.24) is 27.8 Å². The summed E-state index contributed by atoms with van der Waals surface area (Å²) < 4.78 is 65.9. The van der Waals surface area contributed by atoms with Gasteiger partial charge in [0.25, 0.3) is 0 Å². The maximum Gasteiger partial charge on any atom is 0.329 e. The molecule has 0 fully saturated rings. The van der Waals surface area contributed by atoms with Crippen molar-refractivity contribution in [3.8, 4) is 0 Å². The summed E-state index contributed by atoms with van der Waals surface area (Å²) in [6.45, 7) is 8.34. The highest BCUT2D eigenvalue weighted by Gasteiger charge is 2.26. The van der Waals surface area contributed by atoms with Crippen LogP contribution in [0.5, 0.6) is 0 Å². The Bertz CT molecular complexity index is 2330. The lowest BCUT2D eigenvalue weighted by atomic mass is 10.0. The third-order valence-electron chi connectivity index (χ3n) is 8.49. The van der Waals surface area contributed by atoms with Crippen molar-refractivity contribution in [2.75, 3.05) is 0 Å². The van der Waals surface area contributed by atoms with Gasteiger partial charge in [0, 0.05) is 36.8 Å². The Labute approximate surface area is 253 Å². The van der Waals surface area contributed by atoms with Crippen LogP contribution in [0.3, 0.4) is 0 Å². The third-order valence-corrected chi connectivity index (χ3v) is 8.49. The van der Waals surface area contributed by atoms with E-state index in [-0.39, 0.29) is 28.3 Å². The summed E-state index contributed by atoms with van der Waals surface area (Å²) in [7, 11) is 1.69. The van der Waals surface area contributed by atoms with Crippen molar-refractivity contribution in [2.45, 2.75) is 65.7 Å². The van der Waals surface area contributed by atoms with E-state index in [0.29, 0.717) is 11.9 Å². The van der Waals surface area contributed by atoms with Gasteiger partial charge in [-0.2, -0.15) is 0 Å². The Morgan fingerprint density at radius 3 is 2.07 bits per heavy atom. The van der Waals surface area contributed by atoms with Crippen molar-refractivity contribution in [3.63, 3.8) is 0 Å². The molecule has 0 saturated carbocycles. The molecule has 0 amide bonds. The van der Waals surface area contributed by atoms with Crippen LogP contribution in [-0.2, 0) is 20.0 Å². The Morgan fingerprint density at radius 1 is 0.711 bits per heavy atom. The normalized spacial score (nSPS) is 13.0. The molecule has 0 aliphatic carbocycles. The molecule has 0 aliphatic heterocycles. The zero-order chi connectivity index (χ0) is 32.6. The Kier molecular flexibility index (Phi) is 7.17. The lowest BCUT2D eigenvalue weighted by Gasteiger charge is -2.17. The van der Waals surface area contributed by atoms with Gasteiger partial charge in [0.05, 0.1) is 34.1 Å². The van der Waals surface area contributed by atoms with Gasteiger partial charge in [-0.1, -0.05) is 6.07 Å². The maximum atomic E-state index is 15.6. The van der Waals surface area contributed by atoms with Crippen molar-refractivity contribution >= 4 is 33.1 Å². The topological polar surface area (TPSA) is 91.7 Å².